The Morgan fingerprint density at radius 1 is 0.426 bits per heavy atom. The van der Waals surface area contributed by atoms with Crippen LogP contribution in [0.3, 0.4) is 0 Å². The molecule has 3 aliphatic heterocycles. The van der Waals surface area contributed by atoms with Gasteiger partial charge in [-0.2, -0.15) is 18.4 Å². The third kappa shape index (κ3) is 5.31. The van der Waals surface area contributed by atoms with E-state index in [9.17, 15) is 5.26 Å². The summed E-state index contributed by atoms with van der Waals surface area (Å²) in [4.78, 5) is 5.27. The minimum absolute atomic E-state index is 0.164. The normalized spacial score (nSPS) is 16.3. The second-order valence-corrected chi connectivity index (χ2v) is 18.1. The van der Waals surface area contributed by atoms with E-state index >= 15 is 13.2 Å². The lowest BCUT2D eigenvalue weighted by Crippen LogP contribution is -2.35. The summed E-state index contributed by atoms with van der Waals surface area (Å²) < 4.78 is 51.1. The van der Waals surface area contributed by atoms with Crippen molar-refractivity contribution < 1.29 is 13.2 Å². The van der Waals surface area contributed by atoms with E-state index in [0.717, 1.165) is 44.8 Å². The predicted octanol–water partition coefficient (Wildman–Crippen LogP) is 15.6. The molecule has 7 aromatic carbocycles. The zero-order chi connectivity index (χ0) is 42.8. The van der Waals surface area contributed by atoms with Crippen molar-refractivity contribution in [3.63, 3.8) is 0 Å². The lowest BCUT2D eigenvalue weighted by Gasteiger charge is -2.47. The van der Waals surface area contributed by atoms with Crippen molar-refractivity contribution in [3.8, 4) is 6.07 Å². The number of fused-ring (bicyclic) bond motifs is 6. The van der Waals surface area contributed by atoms with Crippen LogP contribution < -0.4 is 14.7 Å². The zero-order valence-electron chi connectivity index (χ0n) is 34.7. The maximum atomic E-state index is 17.0. The van der Waals surface area contributed by atoms with Crippen molar-refractivity contribution >= 4 is 62.8 Å². The zero-order valence-corrected chi connectivity index (χ0v) is 35.4. The van der Waals surface area contributed by atoms with E-state index in [1.54, 1.807) is 9.80 Å². The summed E-state index contributed by atoms with van der Waals surface area (Å²) in [6, 6.07) is 48.5. The molecular formula is C53H42ClF3N4. The number of nitrogens with zero attached hydrogens (tertiary/aromatic N) is 4. The molecule has 0 N–H and O–H groups in total. The van der Waals surface area contributed by atoms with Gasteiger partial charge in [-0.1, -0.05) is 162 Å². The fourth-order valence-corrected chi connectivity index (χ4v) is 10.8. The molecule has 10 rings (SSSR count). The van der Waals surface area contributed by atoms with Crippen molar-refractivity contribution in [3.05, 3.63) is 195 Å². The predicted molar refractivity (Wildman–Crippen MR) is 242 cm³/mol. The first-order chi connectivity index (χ1) is 29.1. The number of alkyl halides is 3. The first-order valence-corrected chi connectivity index (χ1v) is 20.8. The number of hydrogen-bond donors (Lipinski definition) is 0. The molecule has 0 spiro atoms. The minimum atomic E-state index is -5.02. The average Bonchev–Trinajstić information content (AvgIpc) is 3.25. The largest absolute Gasteiger partial charge is 0.420 e. The molecule has 0 amide bonds. The van der Waals surface area contributed by atoms with Gasteiger partial charge in [0.2, 0.25) is 0 Å². The van der Waals surface area contributed by atoms with Crippen LogP contribution >= 0.6 is 11.6 Å². The smallest absolute Gasteiger partial charge is 0.308 e. The molecule has 0 bridgehead atoms. The van der Waals surface area contributed by atoms with Gasteiger partial charge in [0.25, 0.3) is 0 Å². The van der Waals surface area contributed by atoms with E-state index in [1.807, 2.05) is 150 Å². The van der Waals surface area contributed by atoms with E-state index in [1.165, 1.54) is 0 Å². The highest BCUT2D eigenvalue weighted by Gasteiger charge is 2.50. The summed E-state index contributed by atoms with van der Waals surface area (Å²) in [7, 11) is 0. The van der Waals surface area contributed by atoms with Crippen LogP contribution in [0.4, 0.5) is 64.4 Å². The van der Waals surface area contributed by atoms with Gasteiger partial charge >= 0.3 is 6.18 Å². The van der Waals surface area contributed by atoms with Crippen molar-refractivity contribution in [2.75, 3.05) is 14.7 Å². The molecule has 8 heteroatoms. The molecular weight excluding hydrogens is 785 g/mol. The van der Waals surface area contributed by atoms with Gasteiger partial charge in [-0.3, -0.25) is 0 Å². The highest BCUT2D eigenvalue weighted by Crippen LogP contribution is 2.65. The van der Waals surface area contributed by atoms with Gasteiger partial charge in [-0.25, -0.2) is 0 Å². The molecule has 0 saturated carbocycles. The van der Waals surface area contributed by atoms with Crippen LogP contribution in [0, 0.1) is 11.3 Å². The quantitative estimate of drug-likeness (QED) is 0.178. The lowest BCUT2D eigenvalue weighted by atomic mass is 9.72. The fourth-order valence-electron chi connectivity index (χ4n) is 10.4. The van der Waals surface area contributed by atoms with Crippen molar-refractivity contribution in [1.82, 2.24) is 0 Å². The Kier molecular flexibility index (Phi) is 8.41. The number of nitriles is 1. The molecule has 7 aromatic rings. The molecule has 61 heavy (non-hydrogen) atoms. The summed E-state index contributed by atoms with van der Waals surface area (Å²) in [6.45, 7) is 12.6. The lowest BCUT2D eigenvalue weighted by molar-refractivity contribution is -0.136. The van der Waals surface area contributed by atoms with Gasteiger partial charge in [0.15, 0.2) is 0 Å². The Labute approximate surface area is 359 Å². The van der Waals surface area contributed by atoms with Gasteiger partial charge in [-0.05, 0) is 69.8 Å². The highest BCUT2D eigenvalue weighted by molar-refractivity contribution is 6.38. The Bertz CT molecular complexity index is 2860. The molecule has 3 aliphatic rings. The van der Waals surface area contributed by atoms with Gasteiger partial charge in [-0.15, -0.1) is 0 Å². The van der Waals surface area contributed by atoms with E-state index in [2.05, 4.69) is 47.6 Å². The maximum Gasteiger partial charge on any atom is 0.420 e. The summed E-state index contributed by atoms with van der Waals surface area (Å²) in [5.74, 6) is 0. The SMILES string of the molecule is CC1(C)c2ccccc2N(c2c(Cl)c(N3c4ccccc4C(C)(C)c4ccccc43)c(C(F)(F)F)c(N3c4ccccc4C(C)(C)c4ccccc43)c2C#N)c2ccccc21. The second kappa shape index (κ2) is 13.3. The van der Waals surface area contributed by atoms with Crippen molar-refractivity contribution in [2.24, 2.45) is 0 Å². The van der Waals surface area contributed by atoms with Crippen LogP contribution in [0.2, 0.25) is 5.02 Å². The average molecular weight is 827 g/mol. The Hall–Kier alpha value is -6.49. The first-order valence-electron chi connectivity index (χ1n) is 20.5. The molecule has 302 valence electrons. The van der Waals surface area contributed by atoms with Crippen LogP contribution in [-0.4, -0.2) is 0 Å². The van der Waals surface area contributed by atoms with Crippen LogP contribution in [0.1, 0.15) is 86.1 Å². The molecule has 0 unspecified atom stereocenters. The van der Waals surface area contributed by atoms with E-state index in [4.69, 9.17) is 11.6 Å². The van der Waals surface area contributed by atoms with Crippen LogP contribution in [0.25, 0.3) is 0 Å². The van der Waals surface area contributed by atoms with E-state index in [0.29, 0.717) is 22.7 Å². The molecule has 0 aromatic heterocycles. The maximum absolute atomic E-state index is 17.0. The Morgan fingerprint density at radius 2 is 0.672 bits per heavy atom. The summed E-state index contributed by atoms with van der Waals surface area (Å²) in [5.41, 5.74) is 5.69. The summed E-state index contributed by atoms with van der Waals surface area (Å²) >= 11 is 7.88. The number of rotatable bonds is 3. The van der Waals surface area contributed by atoms with Crippen LogP contribution in [0.5, 0.6) is 0 Å². The van der Waals surface area contributed by atoms with Gasteiger partial charge in [0.1, 0.15) is 17.2 Å². The second-order valence-electron chi connectivity index (χ2n) is 17.7. The van der Waals surface area contributed by atoms with Gasteiger partial charge in [0, 0.05) is 16.2 Å². The number of hydrogen-bond acceptors (Lipinski definition) is 4. The number of para-hydroxylation sites is 6. The topological polar surface area (TPSA) is 33.5 Å². The molecule has 0 atom stereocenters. The number of halogens is 4. The monoisotopic (exact) mass is 826 g/mol. The molecule has 0 saturated heterocycles. The van der Waals surface area contributed by atoms with E-state index in [-0.39, 0.29) is 27.6 Å². The third-order valence-electron chi connectivity index (χ3n) is 13.3. The van der Waals surface area contributed by atoms with Gasteiger partial charge in [0.05, 0.1) is 56.2 Å². The van der Waals surface area contributed by atoms with E-state index < -0.39 is 28.0 Å². The Balaban J connectivity index is 1.45. The van der Waals surface area contributed by atoms with Crippen molar-refractivity contribution in [1.29, 1.82) is 5.26 Å². The molecule has 0 radical (unpaired) electrons. The summed E-state index contributed by atoms with van der Waals surface area (Å²) in [5, 5.41) is 11.5. The number of anilines is 9. The standard InChI is InChI=1S/C53H42ClF3N4/c1-50(2)33-19-7-13-25-39(33)59(40-26-14-8-20-34(40)50)47-32(31-58)48(60-41-27-15-9-21-35(41)51(3,4)36-22-10-16-28-42(36)60)46(54)49(45(47)53(55,56)57)61-43-29-17-11-23-37(43)52(5,6)38-24-12-18-30-44(38)61/h7-30H,1-6H3. The summed E-state index contributed by atoms with van der Waals surface area (Å²) in [6.07, 6.45) is -5.02. The van der Waals surface area contributed by atoms with Crippen molar-refractivity contribution in [2.45, 2.75) is 64.0 Å². The number of benzene rings is 7. The van der Waals surface area contributed by atoms with Gasteiger partial charge < -0.3 is 14.7 Å². The Morgan fingerprint density at radius 3 is 0.934 bits per heavy atom. The third-order valence-corrected chi connectivity index (χ3v) is 13.7. The molecule has 3 heterocycles. The first kappa shape index (κ1) is 38.7. The van der Waals surface area contributed by atoms with Crippen LogP contribution in [-0.2, 0) is 22.4 Å². The van der Waals surface area contributed by atoms with Crippen LogP contribution in [0.15, 0.2) is 146 Å². The molecule has 0 fully saturated rings. The minimum Gasteiger partial charge on any atom is -0.308 e. The molecule has 0 aliphatic carbocycles. The molecule has 4 nitrogen and oxygen atoms in total. The fraction of sp³-hybridized carbons (Fsp3) is 0.189. The highest BCUT2D eigenvalue weighted by atomic mass is 35.5.